The van der Waals surface area contributed by atoms with Gasteiger partial charge in [0.05, 0.1) is 0 Å². The van der Waals surface area contributed by atoms with E-state index in [1.165, 1.54) is 44.1 Å². The summed E-state index contributed by atoms with van der Waals surface area (Å²) in [6.07, 6.45) is 10.5. The first-order chi connectivity index (χ1) is 10.3. The average Bonchev–Trinajstić information content (AvgIpc) is 2.57. The molecule has 2 heteroatoms. The van der Waals surface area contributed by atoms with Gasteiger partial charge in [0.1, 0.15) is 0 Å². The van der Waals surface area contributed by atoms with Crippen LogP contribution in [0.4, 0.5) is 0 Å². The van der Waals surface area contributed by atoms with E-state index >= 15 is 0 Å². The van der Waals surface area contributed by atoms with Gasteiger partial charge in [0.15, 0.2) is 0 Å². The van der Waals surface area contributed by atoms with E-state index in [2.05, 4.69) is 49.6 Å². The fourth-order valence-electron chi connectivity index (χ4n) is 4.33. The van der Waals surface area contributed by atoms with E-state index in [9.17, 15) is 0 Å². The van der Waals surface area contributed by atoms with E-state index in [0.29, 0.717) is 6.04 Å². The van der Waals surface area contributed by atoms with Crippen molar-refractivity contribution in [3.05, 3.63) is 35.9 Å². The average molecular weight is 288 g/mol. The summed E-state index contributed by atoms with van der Waals surface area (Å²) in [5.74, 6) is 6.86. The second-order valence-corrected chi connectivity index (χ2v) is 6.69. The van der Waals surface area contributed by atoms with E-state index in [-0.39, 0.29) is 5.41 Å². The molecule has 1 aliphatic carbocycles. The predicted octanol–water partition coefficient (Wildman–Crippen LogP) is 4.55. The molecule has 1 atom stereocenters. The molecule has 0 spiro atoms. The maximum atomic E-state index is 6.01. The van der Waals surface area contributed by atoms with Gasteiger partial charge in [0, 0.05) is 11.5 Å². The fraction of sp³-hybridized carbons (Fsp3) is 0.684. The van der Waals surface area contributed by atoms with Gasteiger partial charge in [-0.25, -0.2) is 0 Å². The highest BCUT2D eigenvalue weighted by molar-refractivity contribution is 5.27. The van der Waals surface area contributed by atoms with E-state index < -0.39 is 0 Å². The van der Waals surface area contributed by atoms with Crippen LogP contribution in [0.25, 0.3) is 0 Å². The molecule has 1 saturated carbocycles. The Kier molecular flexibility index (Phi) is 6.25. The number of rotatable bonds is 7. The summed E-state index contributed by atoms with van der Waals surface area (Å²) in [6.45, 7) is 4.61. The monoisotopic (exact) mass is 288 g/mol. The Balaban J connectivity index is 2.21. The van der Waals surface area contributed by atoms with Crippen molar-refractivity contribution < 1.29 is 0 Å². The molecule has 0 amide bonds. The Bertz CT molecular complexity index is 391. The van der Waals surface area contributed by atoms with Crippen molar-refractivity contribution in [2.75, 3.05) is 0 Å². The highest BCUT2D eigenvalue weighted by Crippen LogP contribution is 2.39. The quantitative estimate of drug-likeness (QED) is 0.571. The van der Waals surface area contributed by atoms with Gasteiger partial charge in [-0.05, 0) is 30.7 Å². The minimum absolute atomic E-state index is 0.160. The predicted molar refractivity (Wildman–Crippen MR) is 91.0 cm³/mol. The Labute approximate surface area is 130 Å². The summed E-state index contributed by atoms with van der Waals surface area (Å²) in [4.78, 5) is 0. The second kappa shape index (κ2) is 7.95. The maximum absolute atomic E-state index is 6.01. The van der Waals surface area contributed by atoms with Crippen LogP contribution >= 0.6 is 0 Å². The summed E-state index contributed by atoms with van der Waals surface area (Å²) in [5.41, 5.74) is 4.79. The van der Waals surface area contributed by atoms with E-state index in [1.54, 1.807) is 0 Å². The van der Waals surface area contributed by atoms with E-state index in [1.807, 2.05) is 0 Å². The molecule has 0 bridgehead atoms. The van der Waals surface area contributed by atoms with Gasteiger partial charge in [0.25, 0.3) is 0 Å². The normalized spacial score (nSPS) is 18.6. The van der Waals surface area contributed by atoms with Crippen LogP contribution in [0.15, 0.2) is 30.3 Å². The second-order valence-electron chi connectivity index (χ2n) is 6.69. The Morgan fingerprint density at radius 1 is 1.10 bits per heavy atom. The zero-order valence-electron chi connectivity index (χ0n) is 13.8. The van der Waals surface area contributed by atoms with Crippen LogP contribution in [0, 0.1) is 5.92 Å². The van der Waals surface area contributed by atoms with Gasteiger partial charge < -0.3 is 0 Å². The fourth-order valence-corrected chi connectivity index (χ4v) is 4.33. The first-order valence-corrected chi connectivity index (χ1v) is 8.78. The number of nitrogens with two attached hydrogens (primary N) is 1. The van der Waals surface area contributed by atoms with Crippen molar-refractivity contribution in [3.63, 3.8) is 0 Å². The lowest BCUT2D eigenvalue weighted by Gasteiger charge is -2.42. The molecule has 0 aromatic heterocycles. The molecule has 0 aliphatic heterocycles. The molecule has 21 heavy (non-hydrogen) atoms. The van der Waals surface area contributed by atoms with Crippen LogP contribution in [0.2, 0.25) is 0 Å². The van der Waals surface area contributed by atoms with Crippen molar-refractivity contribution in [2.24, 2.45) is 11.8 Å². The molecular weight excluding hydrogens is 256 g/mol. The molecule has 118 valence electrons. The van der Waals surface area contributed by atoms with Crippen LogP contribution in [0.3, 0.4) is 0 Å². The summed E-state index contributed by atoms with van der Waals surface area (Å²) in [7, 11) is 0. The van der Waals surface area contributed by atoms with Crippen molar-refractivity contribution >= 4 is 0 Å². The van der Waals surface area contributed by atoms with Crippen LogP contribution in [-0.2, 0) is 5.41 Å². The van der Waals surface area contributed by atoms with Gasteiger partial charge in [-0.15, -0.1) is 0 Å². The highest BCUT2D eigenvalue weighted by Gasteiger charge is 2.38. The van der Waals surface area contributed by atoms with Crippen LogP contribution < -0.4 is 11.3 Å². The molecular formula is C19H32N2. The van der Waals surface area contributed by atoms with Gasteiger partial charge in [0.2, 0.25) is 0 Å². The summed E-state index contributed by atoms with van der Waals surface area (Å²) in [5, 5.41) is 0. The third kappa shape index (κ3) is 3.67. The largest absolute Gasteiger partial charge is 0.271 e. The van der Waals surface area contributed by atoms with E-state index in [0.717, 1.165) is 18.8 Å². The van der Waals surface area contributed by atoms with Crippen LogP contribution in [0.5, 0.6) is 0 Å². The van der Waals surface area contributed by atoms with Gasteiger partial charge in [-0.1, -0.05) is 76.3 Å². The van der Waals surface area contributed by atoms with Crippen molar-refractivity contribution in [3.8, 4) is 0 Å². The number of hydrogen-bond acceptors (Lipinski definition) is 2. The van der Waals surface area contributed by atoms with Crippen molar-refractivity contribution in [1.29, 1.82) is 0 Å². The number of hydrazine groups is 1. The van der Waals surface area contributed by atoms with E-state index in [4.69, 9.17) is 5.84 Å². The Morgan fingerprint density at radius 2 is 1.71 bits per heavy atom. The molecule has 1 aromatic rings. The summed E-state index contributed by atoms with van der Waals surface area (Å²) in [6, 6.07) is 11.3. The molecule has 2 nitrogen and oxygen atoms in total. The molecule has 3 N–H and O–H groups in total. The minimum Gasteiger partial charge on any atom is -0.271 e. The number of nitrogens with one attached hydrogen (secondary N) is 1. The van der Waals surface area contributed by atoms with Crippen molar-refractivity contribution in [2.45, 2.75) is 76.7 Å². The molecule has 1 fully saturated rings. The minimum atomic E-state index is 0.160. The molecule has 0 heterocycles. The van der Waals surface area contributed by atoms with Gasteiger partial charge >= 0.3 is 0 Å². The standard InChI is InChI=1S/C19H32N2/c1-3-19(4-2,17-13-9-6-10-14-17)18(21-20)15-16-11-7-5-8-12-16/h6,9-10,13-14,16,18,21H,3-5,7-8,11-12,15,20H2,1-2H3. The lowest BCUT2D eigenvalue weighted by molar-refractivity contribution is 0.208. The number of hydrogen-bond donors (Lipinski definition) is 2. The lowest BCUT2D eigenvalue weighted by atomic mass is 9.67. The summed E-state index contributed by atoms with van der Waals surface area (Å²) >= 11 is 0. The maximum Gasteiger partial charge on any atom is 0.0309 e. The lowest BCUT2D eigenvalue weighted by Crippen LogP contribution is -2.51. The van der Waals surface area contributed by atoms with Crippen molar-refractivity contribution in [1.82, 2.24) is 5.43 Å². The van der Waals surface area contributed by atoms with Gasteiger partial charge in [-0.2, -0.15) is 0 Å². The first kappa shape index (κ1) is 16.5. The zero-order chi connectivity index (χ0) is 15.1. The summed E-state index contributed by atoms with van der Waals surface area (Å²) < 4.78 is 0. The smallest absolute Gasteiger partial charge is 0.0309 e. The molecule has 1 aliphatic rings. The number of benzene rings is 1. The zero-order valence-corrected chi connectivity index (χ0v) is 13.8. The van der Waals surface area contributed by atoms with Crippen LogP contribution in [0.1, 0.15) is 70.8 Å². The highest BCUT2D eigenvalue weighted by atomic mass is 15.2. The Hall–Kier alpha value is -0.860. The van der Waals surface area contributed by atoms with Crippen LogP contribution in [-0.4, -0.2) is 6.04 Å². The molecule has 0 radical (unpaired) electrons. The molecule has 1 aromatic carbocycles. The third-order valence-corrected chi connectivity index (χ3v) is 5.77. The molecule has 1 unspecified atom stereocenters. The van der Waals surface area contributed by atoms with Gasteiger partial charge in [-0.3, -0.25) is 11.3 Å². The Morgan fingerprint density at radius 3 is 2.24 bits per heavy atom. The first-order valence-electron chi connectivity index (χ1n) is 8.78. The molecule has 0 saturated heterocycles. The molecule has 2 rings (SSSR count). The topological polar surface area (TPSA) is 38.0 Å². The third-order valence-electron chi connectivity index (χ3n) is 5.77. The SMILES string of the molecule is CCC(CC)(c1ccccc1)C(CC1CCCCC1)NN.